The van der Waals surface area contributed by atoms with Crippen molar-refractivity contribution in [3.05, 3.63) is 44.0 Å². The monoisotopic (exact) mass is 361 g/mol. The van der Waals surface area contributed by atoms with Gasteiger partial charge in [0.25, 0.3) is 11.4 Å². The lowest BCUT2D eigenvalue weighted by Gasteiger charge is -2.20. The Morgan fingerprint density at radius 3 is 2.38 bits per heavy atom. The number of nitrogens with two attached hydrogens (primary N) is 1. The maximum Gasteiger partial charge on any atom is 0.320 e. The molecule has 1 aromatic rings. The van der Waals surface area contributed by atoms with Crippen LogP contribution in [0.3, 0.4) is 0 Å². The van der Waals surface area contributed by atoms with Crippen LogP contribution in [0.2, 0.25) is 0 Å². The summed E-state index contributed by atoms with van der Waals surface area (Å²) in [6.07, 6.45) is -0.448. The Morgan fingerprint density at radius 2 is 1.92 bits per heavy atom. The number of aliphatic carboxylic acids is 1. The van der Waals surface area contributed by atoms with E-state index in [2.05, 4.69) is 0 Å². The standard InChI is InChI=1S/C12H16N3O8P/c1-24(23,5-4-9(13)11(16)17)12(18)8-3-2-7(14(19)20)6-10(8)15(21)22/h2-3,6,9,12,18H,4-5,13H2,1H3,(H,16,17)/t9-,12?,24?/m0/s1. The van der Waals surface area contributed by atoms with Gasteiger partial charge in [-0.25, -0.2) is 0 Å². The zero-order valence-electron chi connectivity index (χ0n) is 12.6. The topological polar surface area (TPSA) is 187 Å². The summed E-state index contributed by atoms with van der Waals surface area (Å²) in [4.78, 5) is 30.7. The quantitative estimate of drug-likeness (QED) is 0.348. The number of benzene rings is 1. The van der Waals surface area contributed by atoms with E-state index in [-0.39, 0.29) is 18.1 Å². The maximum atomic E-state index is 12.6. The minimum atomic E-state index is -3.47. The molecule has 4 N–H and O–H groups in total. The van der Waals surface area contributed by atoms with Crippen LogP contribution in [0.5, 0.6) is 0 Å². The molecule has 0 aliphatic carbocycles. The van der Waals surface area contributed by atoms with Gasteiger partial charge in [-0.05, 0) is 19.2 Å². The molecule has 24 heavy (non-hydrogen) atoms. The number of nitrogens with zero attached hydrogens (tertiary/aromatic N) is 2. The van der Waals surface area contributed by atoms with Crippen molar-refractivity contribution in [3.63, 3.8) is 0 Å². The summed E-state index contributed by atoms with van der Waals surface area (Å²) in [6, 6.07) is 1.31. The molecule has 0 bridgehead atoms. The predicted octanol–water partition coefficient (Wildman–Crippen LogP) is 1.29. The second-order valence-corrected chi connectivity index (χ2v) is 8.55. The number of carbonyl (C=O) groups is 1. The summed E-state index contributed by atoms with van der Waals surface area (Å²) >= 11 is 0. The highest BCUT2D eigenvalue weighted by Crippen LogP contribution is 2.56. The number of hydrogen-bond donors (Lipinski definition) is 3. The molecule has 0 saturated carbocycles. The summed E-state index contributed by atoms with van der Waals surface area (Å²) in [7, 11) is -3.47. The molecule has 0 radical (unpaired) electrons. The lowest BCUT2D eigenvalue weighted by atomic mass is 10.1. The van der Waals surface area contributed by atoms with E-state index in [9.17, 15) is 34.7 Å². The third kappa shape index (κ3) is 4.57. The first-order chi connectivity index (χ1) is 11.0. The summed E-state index contributed by atoms with van der Waals surface area (Å²) in [5.41, 5.74) is 3.70. The van der Waals surface area contributed by atoms with Gasteiger partial charge in [0.15, 0.2) is 0 Å². The molecule has 0 spiro atoms. The highest BCUT2D eigenvalue weighted by molar-refractivity contribution is 7.63. The molecular weight excluding hydrogens is 345 g/mol. The first-order valence-corrected chi connectivity index (χ1v) is 9.03. The Kier molecular flexibility index (Phi) is 6.13. The second kappa shape index (κ2) is 7.47. The SMILES string of the molecule is CP(=O)(CC[C@H](N)C(=O)O)C(O)c1ccc([N+](=O)[O-])cc1[N+](=O)[O-]. The zero-order chi connectivity index (χ0) is 18.7. The molecule has 1 aromatic carbocycles. The van der Waals surface area contributed by atoms with Crippen LogP contribution in [0.4, 0.5) is 11.4 Å². The number of aliphatic hydroxyl groups excluding tert-OH is 1. The molecule has 132 valence electrons. The molecule has 2 unspecified atom stereocenters. The molecule has 0 aromatic heterocycles. The number of non-ortho nitro benzene ring substituents is 1. The molecule has 1 rings (SSSR count). The Balaban J connectivity index is 3.15. The minimum Gasteiger partial charge on any atom is -0.480 e. The minimum absolute atomic E-state index is 0.194. The highest BCUT2D eigenvalue weighted by Gasteiger charge is 2.34. The van der Waals surface area contributed by atoms with Gasteiger partial charge >= 0.3 is 5.97 Å². The van der Waals surface area contributed by atoms with Crippen LogP contribution in [-0.4, -0.2) is 44.9 Å². The van der Waals surface area contributed by atoms with Gasteiger partial charge in [0.1, 0.15) is 19.0 Å². The highest BCUT2D eigenvalue weighted by atomic mass is 31.2. The third-order valence-electron chi connectivity index (χ3n) is 3.42. The Labute approximate surface area is 135 Å². The van der Waals surface area contributed by atoms with Crippen LogP contribution >= 0.6 is 7.14 Å². The maximum absolute atomic E-state index is 12.6. The molecule has 0 saturated heterocycles. The largest absolute Gasteiger partial charge is 0.480 e. The van der Waals surface area contributed by atoms with Crippen molar-refractivity contribution in [2.45, 2.75) is 18.3 Å². The van der Waals surface area contributed by atoms with Crippen molar-refractivity contribution >= 4 is 24.5 Å². The fourth-order valence-electron chi connectivity index (χ4n) is 1.96. The molecule has 0 aliphatic heterocycles. The first kappa shape index (κ1) is 19.7. The number of nitro groups is 2. The van der Waals surface area contributed by atoms with Crippen molar-refractivity contribution in [2.75, 3.05) is 12.8 Å². The fraction of sp³-hybridized carbons (Fsp3) is 0.417. The van der Waals surface area contributed by atoms with Crippen LogP contribution in [0, 0.1) is 20.2 Å². The van der Waals surface area contributed by atoms with Crippen molar-refractivity contribution in [1.29, 1.82) is 0 Å². The number of carboxylic acid groups (broad SMARTS) is 1. The summed E-state index contributed by atoms with van der Waals surface area (Å²) in [5, 5.41) is 40.7. The van der Waals surface area contributed by atoms with E-state index in [1.54, 1.807) is 0 Å². The number of nitro benzene ring substituents is 2. The predicted molar refractivity (Wildman–Crippen MR) is 83.3 cm³/mol. The smallest absolute Gasteiger partial charge is 0.320 e. The van der Waals surface area contributed by atoms with Gasteiger partial charge < -0.3 is 20.5 Å². The summed E-state index contributed by atoms with van der Waals surface area (Å²) in [6.45, 7) is 1.16. The molecule has 0 fully saturated rings. The number of rotatable bonds is 8. The van der Waals surface area contributed by atoms with E-state index in [0.717, 1.165) is 18.8 Å². The second-order valence-electron chi connectivity index (χ2n) is 5.26. The van der Waals surface area contributed by atoms with Gasteiger partial charge in [0.05, 0.1) is 21.5 Å². The number of hydrogen-bond acceptors (Lipinski definition) is 8. The van der Waals surface area contributed by atoms with E-state index in [4.69, 9.17) is 10.8 Å². The molecule has 11 nitrogen and oxygen atoms in total. The van der Waals surface area contributed by atoms with Gasteiger partial charge in [0, 0.05) is 12.2 Å². The lowest BCUT2D eigenvalue weighted by molar-refractivity contribution is -0.394. The molecule has 0 aliphatic rings. The lowest BCUT2D eigenvalue weighted by Crippen LogP contribution is -2.31. The van der Waals surface area contributed by atoms with E-state index >= 15 is 0 Å². The summed E-state index contributed by atoms with van der Waals surface area (Å²) in [5.74, 6) is -3.06. The number of aliphatic hydroxyl groups is 1. The zero-order valence-corrected chi connectivity index (χ0v) is 13.5. The van der Waals surface area contributed by atoms with Crippen LogP contribution < -0.4 is 5.73 Å². The normalized spacial score (nSPS) is 16.0. The third-order valence-corrected chi connectivity index (χ3v) is 5.88. The molecular formula is C12H16N3O8P. The van der Waals surface area contributed by atoms with Crippen molar-refractivity contribution in [2.24, 2.45) is 5.73 Å². The Morgan fingerprint density at radius 1 is 1.33 bits per heavy atom. The van der Waals surface area contributed by atoms with Gasteiger partial charge in [0.2, 0.25) is 0 Å². The van der Waals surface area contributed by atoms with Crippen LogP contribution in [0.15, 0.2) is 18.2 Å². The molecule has 0 amide bonds. The van der Waals surface area contributed by atoms with Gasteiger partial charge in [-0.2, -0.15) is 0 Å². The first-order valence-electron chi connectivity index (χ1n) is 6.62. The molecule has 0 heterocycles. The number of carboxylic acids is 1. The van der Waals surface area contributed by atoms with Gasteiger partial charge in [-0.3, -0.25) is 25.0 Å². The van der Waals surface area contributed by atoms with Gasteiger partial charge in [-0.15, -0.1) is 0 Å². The van der Waals surface area contributed by atoms with Crippen molar-refractivity contribution in [3.8, 4) is 0 Å². The van der Waals surface area contributed by atoms with Crippen LogP contribution in [0.25, 0.3) is 0 Å². The fourth-order valence-corrected chi connectivity index (χ4v) is 3.80. The van der Waals surface area contributed by atoms with Crippen molar-refractivity contribution in [1.82, 2.24) is 0 Å². The summed E-state index contributed by atoms with van der Waals surface area (Å²) < 4.78 is 12.6. The van der Waals surface area contributed by atoms with E-state index < -0.39 is 46.2 Å². The average molecular weight is 361 g/mol. The van der Waals surface area contributed by atoms with E-state index in [1.807, 2.05) is 0 Å². The molecule has 12 heteroatoms. The van der Waals surface area contributed by atoms with E-state index in [1.165, 1.54) is 0 Å². The van der Waals surface area contributed by atoms with Crippen LogP contribution in [-0.2, 0) is 9.36 Å². The molecule has 3 atom stereocenters. The Hall–Kier alpha value is -2.36. The van der Waals surface area contributed by atoms with Gasteiger partial charge in [-0.1, -0.05) is 0 Å². The van der Waals surface area contributed by atoms with Crippen molar-refractivity contribution < 1.29 is 29.4 Å². The average Bonchev–Trinajstić information content (AvgIpc) is 2.50. The Bertz CT molecular complexity index is 722. The van der Waals surface area contributed by atoms with E-state index in [0.29, 0.717) is 6.07 Å². The van der Waals surface area contributed by atoms with Crippen LogP contribution in [0.1, 0.15) is 17.8 Å².